The van der Waals surface area contributed by atoms with Gasteiger partial charge in [-0.05, 0) is 48.6 Å². The van der Waals surface area contributed by atoms with Crippen LogP contribution in [0.1, 0.15) is 35.6 Å². The smallest absolute Gasteiger partial charge is 0.419 e. The molecule has 0 aliphatic heterocycles. The number of hydrogen-bond donors (Lipinski definition) is 2. The number of ether oxygens (including phenoxy) is 1. The van der Waals surface area contributed by atoms with Crippen molar-refractivity contribution in [2.75, 3.05) is 12.5 Å². The van der Waals surface area contributed by atoms with Gasteiger partial charge < -0.3 is 9.84 Å². The summed E-state index contributed by atoms with van der Waals surface area (Å²) < 4.78 is 84.6. The van der Waals surface area contributed by atoms with Gasteiger partial charge in [0.1, 0.15) is 17.4 Å². The van der Waals surface area contributed by atoms with Crippen molar-refractivity contribution in [1.29, 1.82) is 0 Å². The van der Waals surface area contributed by atoms with E-state index >= 15 is 0 Å². The van der Waals surface area contributed by atoms with E-state index in [-0.39, 0.29) is 5.75 Å². The van der Waals surface area contributed by atoms with Gasteiger partial charge in [0.2, 0.25) is 0 Å². The maximum atomic E-state index is 14.1. The normalized spacial score (nSPS) is 16.4. The number of nitrogens with one attached hydrogen (secondary N) is 1. The van der Waals surface area contributed by atoms with Crippen LogP contribution in [-0.4, -0.2) is 32.0 Å². The summed E-state index contributed by atoms with van der Waals surface area (Å²) in [6.45, 7) is -0.682. The number of aliphatic carboxylic acids is 1. The van der Waals surface area contributed by atoms with Gasteiger partial charge in [-0.3, -0.25) is 5.32 Å². The van der Waals surface area contributed by atoms with Crippen LogP contribution in [0.4, 0.5) is 17.6 Å². The first-order valence-corrected chi connectivity index (χ1v) is 11.9. The van der Waals surface area contributed by atoms with E-state index in [4.69, 9.17) is 33.0 Å². The molecular weight excluding hydrogens is 513 g/mol. The molecule has 3 rings (SSSR count). The average Bonchev–Trinajstić information content (AvgIpc) is 2.69. The number of carboxylic acids is 1. The lowest BCUT2D eigenvalue weighted by molar-refractivity contribution is -0.139. The quantitative estimate of drug-likeness (QED) is 0.489. The Morgan fingerprint density at radius 2 is 1.94 bits per heavy atom. The van der Waals surface area contributed by atoms with Crippen molar-refractivity contribution in [3.8, 4) is 5.75 Å². The predicted octanol–water partition coefficient (Wildman–Crippen LogP) is 5.01. The van der Waals surface area contributed by atoms with Crippen LogP contribution in [-0.2, 0) is 27.2 Å². The van der Waals surface area contributed by atoms with Crippen LogP contribution in [0.5, 0.6) is 5.75 Å². The van der Waals surface area contributed by atoms with E-state index in [1.165, 1.54) is 6.07 Å². The highest BCUT2D eigenvalue weighted by atomic mass is 35.5. The maximum Gasteiger partial charge on any atom is 0.419 e. The van der Waals surface area contributed by atoms with Gasteiger partial charge in [0.25, 0.3) is 0 Å². The molecule has 1 unspecified atom stereocenters. The second-order valence-corrected chi connectivity index (χ2v) is 10.0. The predicted molar refractivity (Wildman–Crippen MR) is 112 cm³/mol. The van der Waals surface area contributed by atoms with Crippen molar-refractivity contribution in [2.45, 2.75) is 36.4 Å². The SMILES string of the molecule is O=C(O)COc1cc(F)cc2c1CCCC2NCS(=O)(=O)c1ccc(Cl)c(C(F)(F)F)c1Cl. The topological polar surface area (TPSA) is 92.7 Å². The maximum absolute atomic E-state index is 14.1. The van der Waals surface area contributed by atoms with Gasteiger partial charge in [-0.2, -0.15) is 13.2 Å². The monoisotopic (exact) mass is 529 g/mol. The Labute approximate surface area is 196 Å². The third-order valence-corrected chi connectivity index (χ3v) is 7.43. The fourth-order valence-corrected chi connectivity index (χ4v) is 5.81. The highest BCUT2D eigenvalue weighted by molar-refractivity contribution is 7.91. The number of hydrogen-bond acceptors (Lipinski definition) is 5. The molecule has 0 spiro atoms. The van der Waals surface area contributed by atoms with Gasteiger partial charge in [-0.25, -0.2) is 17.6 Å². The molecule has 0 fully saturated rings. The zero-order chi connectivity index (χ0) is 24.6. The van der Waals surface area contributed by atoms with Crippen LogP contribution < -0.4 is 10.1 Å². The molecule has 0 amide bonds. The summed E-state index contributed by atoms with van der Waals surface area (Å²) >= 11 is 11.3. The lowest BCUT2D eigenvalue weighted by Crippen LogP contribution is -2.31. The van der Waals surface area contributed by atoms with Crippen molar-refractivity contribution < 1.29 is 40.6 Å². The van der Waals surface area contributed by atoms with E-state index in [0.717, 1.165) is 18.2 Å². The van der Waals surface area contributed by atoms with Gasteiger partial charge >= 0.3 is 12.1 Å². The molecule has 180 valence electrons. The Kier molecular flexibility index (Phi) is 7.47. The molecule has 33 heavy (non-hydrogen) atoms. The third kappa shape index (κ3) is 5.71. The first-order chi connectivity index (χ1) is 15.3. The first-order valence-electron chi connectivity index (χ1n) is 9.49. The molecule has 0 heterocycles. The molecule has 0 aromatic heterocycles. The zero-order valence-corrected chi connectivity index (χ0v) is 19.0. The summed E-state index contributed by atoms with van der Waals surface area (Å²) in [4.78, 5) is 10.0. The Balaban J connectivity index is 1.88. The minimum absolute atomic E-state index is 0.0392. The van der Waals surface area contributed by atoms with E-state index in [9.17, 15) is 30.8 Å². The summed E-state index contributed by atoms with van der Waals surface area (Å²) in [5.41, 5.74) is -0.532. The average molecular weight is 530 g/mol. The molecule has 2 aromatic rings. The molecule has 2 N–H and O–H groups in total. The van der Waals surface area contributed by atoms with Crippen LogP contribution in [0.2, 0.25) is 10.0 Å². The lowest BCUT2D eigenvalue weighted by atomic mass is 9.87. The van der Waals surface area contributed by atoms with E-state index in [1.54, 1.807) is 0 Å². The van der Waals surface area contributed by atoms with Gasteiger partial charge in [-0.1, -0.05) is 23.2 Å². The van der Waals surface area contributed by atoms with Crippen molar-refractivity contribution in [2.24, 2.45) is 0 Å². The number of fused-ring (bicyclic) bond motifs is 1. The van der Waals surface area contributed by atoms with Gasteiger partial charge in [-0.15, -0.1) is 0 Å². The Bertz CT molecular complexity index is 1190. The standard InChI is InChI=1S/C20H17Cl2F4NO5S/c21-13-4-5-16(19(22)18(13)20(24,25)26)33(30,31)9-27-14-3-1-2-11-12(14)6-10(23)7-15(11)32-8-17(28)29/h4-7,14,27H,1-3,8-9H2,(H,28,29). The van der Waals surface area contributed by atoms with Crippen LogP contribution in [0.3, 0.4) is 0 Å². The Hall–Kier alpha value is -2.08. The molecule has 0 saturated carbocycles. The Morgan fingerprint density at radius 3 is 2.58 bits per heavy atom. The van der Waals surface area contributed by atoms with E-state index < -0.39 is 66.8 Å². The largest absolute Gasteiger partial charge is 0.482 e. The minimum Gasteiger partial charge on any atom is -0.482 e. The number of carbonyl (C=O) groups is 1. The third-order valence-electron chi connectivity index (χ3n) is 5.05. The van der Waals surface area contributed by atoms with E-state index in [2.05, 4.69) is 5.32 Å². The highest BCUT2D eigenvalue weighted by Crippen LogP contribution is 2.42. The zero-order valence-electron chi connectivity index (χ0n) is 16.7. The van der Waals surface area contributed by atoms with Crippen molar-refractivity contribution in [3.63, 3.8) is 0 Å². The second kappa shape index (κ2) is 9.65. The number of benzene rings is 2. The highest BCUT2D eigenvalue weighted by Gasteiger charge is 2.38. The molecule has 0 bridgehead atoms. The molecule has 0 saturated heterocycles. The van der Waals surface area contributed by atoms with Crippen LogP contribution in [0.15, 0.2) is 29.2 Å². The van der Waals surface area contributed by atoms with Gasteiger partial charge in [0.05, 0.1) is 20.5 Å². The lowest BCUT2D eigenvalue weighted by Gasteiger charge is -2.28. The number of carboxylic acid groups (broad SMARTS) is 1. The van der Waals surface area contributed by atoms with Crippen molar-refractivity contribution in [1.82, 2.24) is 5.32 Å². The molecule has 1 atom stereocenters. The number of sulfone groups is 1. The summed E-state index contributed by atoms with van der Waals surface area (Å²) in [5, 5.41) is 9.78. The summed E-state index contributed by atoms with van der Waals surface area (Å²) in [5.74, 6) is -2.70. The molecule has 1 aliphatic rings. The van der Waals surface area contributed by atoms with Gasteiger partial charge in [0.15, 0.2) is 16.4 Å². The molecule has 6 nitrogen and oxygen atoms in total. The minimum atomic E-state index is -4.96. The van der Waals surface area contributed by atoms with Gasteiger partial charge in [0, 0.05) is 12.1 Å². The molecule has 13 heteroatoms. The summed E-state index contributed by atoms with van der Waals surface area (Å²) in [6.07, 6.45) is -3.54. The Morgan fingerprint density at radius 1 is 1.24 bits per heavy atom. The summed E-state index contributed by atoms with van der Waals surface area (Å²) in [6, 6.07) is 3.26. The van der Waals surface area contributed by atoms with E-state index in [1.807, 2.05) is 0 Å². The fourth-order valence-electron chi connectivity index (χ4n) is 3.65. The number of rotatable bonds is 7. The summed E-state index contributed by atoms with van der Waals surface area (Å²) in [7, 11) is -4.34. The first kappa shape index (κ1) is 25.5. The van der Waals surface area contributed by atoms with Crippen molar-refractivity contribution >= 4 is 39.0 Å². The van der Waals surface area contributed by atoms with E-state index in [0.29, 0.717) is 30.4 Å². The fraction of sp³-hybridized carbons (Fsp3) is 0.350. The molecule has 2 aromatic carbocycles. The molecule has 0 radical (unpaired) electrons. The number of alkyl halides is 3. The second-order valence-electron chi connectivity index (χ2n) is 7.29. The number of halogens is 6. The molecule has 1 aliphatic carbocycles. The van der Waals surface area contributed by atoms with Crippen LogP contribution in [0.25, 0.3) is 0 Å². The molecular formula is C20H17Cl2F4NO5S. The van der Waals surface area contributed by atoms with Crippen LogP contribution in [0, 0.1) is 5.82 Å². The van der Waals surface area contributed by atoms with Crippen LogP contribution >= 0.6 is 23.2 Å². The van der Waals surface area contributed by atoms with Crippen molar-refractivity contribution in [3.05, 3.63) is 56.8 Å².